The first-order valence-corrected chi connectivity index (χ1v) is 10.8. The van der Waals surface area contributed by atoms with Crippen molar-refractivity contribution < 1.29 is 9.90 Å². The molecule has 0 bridgehead atoms. The molecule has 1 aliphatic heterocycles. The number of benzene rings is 2. The van der Waals surface area contributed by atoms with Gasteiger partial charge in [-0.05, 0) is 36.4 Å². The number of rotatable bonds is 3. The van der Waals surface area contributed by atoms with Crippen LogP contribution in [-0.4, -0.2) is 56.5 Å². The first kappa shape index (κ1) is 20.3. The Labute approximate surface area is 190 Å². The van der Waals surface area contributed by atoms with Gasteiger partial charge in [-0.1, -0.05) is 23.7 Å². The van der Waals surface area contributed by atoms with Crippen molar-refractivity contribution in [2.75, 3.05) is 31.1 Å². The molecular weight excluding hydrogens is 426 g/mol. The third kappa shape index (κ3) is 3.65. The second kappa shape index (κ2) is 8.16. The molecule has 2 aromatic heterocycles. The van der Waals surface area contributed by atoms with Crippen LogP contribution in [0.4, 0.5) is 5.82 Å². The minimum atomic E-state index is 0.0938. The number of phenolic OH excluding ortho intramolecular Hbond substituents is 1. The molecule has 0 radical (unpaired) electrons. The number of halogens is 1. The molecule has 7 nitrogen and oxygen atoms in total. The molecule has 4 aromatic rings. The molecule has 32 heavy (non-hydrogen) atoms. The summed E-state index contributed by atoms with van der Waals surface area (Å²) in [4.78, 5) is 25.4. The number of aromatic nitrogens is 3. The lowest BCUT2D eigenvalue weighted by Crippen LogP contribution is -2.48. The molecule has 3 heterocycles. The van der Waals surface area contributed by atoms with E-state index in [1.165, 1.54) is 0 Å². The number of piperazine rings is 1. The molecule has 0 unspecified atom stereocenters. The molecule has 162 valence electrons. The van der Waals surface area contributed by atoms with Crippen LogP contribution in [0.2, 0.25) is 5.02 Å². The van der Waals surface area contributed by atoms with E-state index in [0.29, 0.717) is 31.2 Å². The topological polar surface area (TPSA) is 74.0 Å². The van der Waals surface area contributed by atoms with Crippen molar-refractivity contribution in [1.29, 1.82) is 0 Å². The fourth-order valence-corrected chi connectivity index (χ4v) is 4.25. The molecule has 1 amide bonds. The van der Waals surface area contributed by atoms with E-state index in [-0.39, 0.29) is 11.7 Å². The van der Waals surface area contributed by atoms with Gasteiger partial charge >= 0.3 is 0 Å². The van der Waals surface area contributed by atoms with Crippen molar-refractivity contribution in [3.8, 4) is 28.3 Å². The number of hydrogen-bond donors (Lipinski definition) is 1. The SMILES string of the molecule is CC(=O)N1CCN(c2nccn3c(-c4ccc(O)cc4)c(-c4ccc(Cl)cc4)nc23)CC1. The van der Waals surface area contributed by atoms with Crippen LogP contribution in [0.5, 0.6) is 5.75 Å². The Morgan fingerprint density at radius 3 is 2.28 bits per heavy atom. The Hall–Kier alpha value is -3.58. The average molecular weight is 448 g/mol. The van der Waals surface area contributed by atoms with Gasteiger partial charge in [0, 0.05) is 61.6 Å². The second-order valence-electron chi connectivity index (χ2n) is 7.80. The van der Waals surface area contributed by atoms with E-state index in [1.807, 2.05) is 51.9 Å². The molecule has 0 aliphatic carbocycles. The lowest BCUT2D eigenvalue weighted by Gasteiger charge is -2.34. The highest BCUT2D eigenvalue weighted by molar-refractivity contribution is 6.30. The molecule has 0 spiro atoms. The van der Waals surface area contributed by atoms with Crippen LogP contribution in [0.15, 0.2) is 60.9 Å². The number of imidazole rings is 1. The molecule has 1 saturated heterocycles. The van der Waals surface area contributed by atoms with Crippen LogP contribution in [0, 0.1) is 0 Å². The predicted molar refractivity (Wildman–Crippen MR) is 125 cm³/mol. The lowest BCUT2D eigenvalue weighted by molar-refractivity contribution is -0.129. The normalized spacial score (nSPS) is 14.2. The summed E-state index contributed by atoms with van der Waals surface area (Å²) < 4.78 is 2.04. The van der Waals surface area contributed by atoms with E-state index in [4.69, 9.17) is 16.6 Å². The average Bonchev–Trinajstić information content (AvgIpc) is 3.20. The maximum absolute atomic E-state index is 11.7. The zero-order valence-electron chi connectivity index (χ0n) is 17.6. The highest BCUT2D eigenvalue weighted by atomic mass is 35.5. The summed E-state index contributed by atoms with van der Waals surface area (Å²) >= 11 is 6.11. The molecule has 0 atom stereocenters. The summed E-state index contributed by atoms with van der Waals surface area (Å²) in [5, 5.41) is 10.4. The Morgan fingerprint density at radius 2 is 1.62 bits per heavy atom. The summed E-state index contributed by atoms with van der Waals surface area (Å²) in [6.07, 6.45) is 3.68. The number of amides is 1. The van der Waals surface area contributed by atoms with E-state index in [0.717, 1.165) is 34.0 Å². The van der Waals surface area contributed by atoms with Crippen LogP contribution >= 0.6 is 11.6 Å². The minimum absolute atomic E-state index is 0.0938. The highest BCUT2D eigenvalue weighted by Gasteiger charge is 2.24. The zero-order chi connectivity index (χ0) is 22.2. The van der Waals surface area contributed by atoms with E-state index >= 15 is 0 Å². The quantitative estimate of drug-likeness (QED) is 0.512. The van der Waals surface area contributed by atoms with Crippen LogP contribution < -0.4 is 4.90 Å². The fraction of sp³-hybridized carbons (Fsp3) is 0.208. The molecule has 2 aromatic carbocycles. The third-order valence-corrected chi connectivity index (χ3v) is 6.06. The molecule has 0 saturated carbocycles. The van der Waals surface area contributed by atoms with Gasteiger partial charge in [-0.25, -0.2) is 9.97 Å². The first-order chi connectivity index (χ1) is 15.5. The summed E-state index contributed by atoms with van der Waals surface area (Å²) in [5.74, 6) is 1.09. The molecule has 1 aliphatic rings. The Bertz CT molecular complexity index is 1280. The van der Waals surface area contributed by atoms with Crippen LogP contribution in [0.3, 0.4) is 0 Å². The number of carbonyl (C=O) groups is 1. The van der Waals surface area contributed by atoms with Gasteiger partial charge in [0.15, 0.2) is 11.5 Å². The van der Waals surface area contributed by atoms with E-state index in [1.54, 1.807) is 25.3 Å². The highest BCUT2D eigenvalue weighted by Crippen LogP contribution is 2.36. The minimum Gasteiger partial charge on any atom is -0.508 e. The smallest absolute Gasteiger partial charge is 0.219 e. The van der Waals surface area contributed by atoms with Crippen molar-refractivity contribution in [2.24, 2.45) is 0 Å². The van der Waals surface area contributed by atoms with Crippen LogP contribution in [0.1, 0.15) is 6.92 Å². The van der Waals surface area contributed by atoms with Gasteiger partial charge in [0.25, 0.3) is 0 Å². The zero-order valence-corrected chi connectivity index (χ0v) is 18.3. The van der Waals surface area contributed by atoms with Crippen molar-refractivity contribution in [1.82, 2.24) is 19.3 Å². The molecule has 1 fully saturated rings. The van der Waals surface area contributed by atoms with Crippen molar-refractivity contribution in [3.63, 3.8) is 0 Å². The molecule has 1 N–H and O–H groups in total. The number of anilines is 1. The first-order valence-electron chi connectivity index (χ1n) is 10.4. The lowest BCUT2D eigenvalue weighted by atomic mass is 10.0. The summed E-state index contributed by atoms with van der Waals surface area (Å²) in [7, 11) is 0. The maximum atomic E-state index is 11.7. The Kier molecular flexibility index (Phi) is 5.19. The number of phenols is 1. The van der Waals surface area contributed by atoms with E-state index in [2.05, 4.69) is 9.88 Å². The van der Waals surface area contributed by atoms with Gasteiger partial charge in [0.05, 0.1) is 11.4 Å². The molecular formula is C24H22ClN5O2. The van der Waals surface area contributed by atoms with Gasteiger partial charge < -0.3 is 14.9 Å². The van der Waals surface area contributed by atoms with Crippen LogP contribution in [0.25, 0.3) is 28.2 Å². The largest absolute Gasteiger partial charge is 0.508 e. The third-order valence-electron chi connectivity index (χ3n) is 5.81. The molecule has 5 rings (SSSR count). The van der Waals surface area contributed by atoms with Gasteiger partial charge in [-0.3, -0.25) is 9.20 Å². The van der Waals surface area contributed by atoms with Gasteiger partial charge in [0.2, 0.25) is 5.91 Å². The number of aromatic hydroxyl groups is 1. The maximum Gasteiger partial charge on any atom is 0.219 e. The Morgan fingerprint density at radius 1 is 0.969 bits per heavy atom. The second-order valence-corrected chi connectivity index (χ2v) is 8.24. The van der Waals surface area contributed by atoms with Crippen molar-refractivity contribution in [2.45, 2.75) is 6.92 Å². The Balaban J connectivity index is 1.66. The van der Waals surface area contributed by atoms with Crippen molar-refractivity contribution in [3.05, 3.63) is 65.9 Å². The number of fused-ring (bicyclic) bond motifs is 1. The summed E-state index contributed by atoms with van der Waals surface area (Å²) in [5.41, 5.74) is 4.33. The van der Waals surface area contributed by atoms with Gasteiger partial charge in [-0.15, -0.1) is 0 Å². The number of carbonyl (C=O) groups excluding carboxylic acids is 1. The summed E-state index contributed by atoms with van der Waals surface area (Å²) in [6, 6.07) is 14.7. The van der Waals surface area contributed by atoms with E-state index in [9.17, 15) is 9.90 Å². The monoisotopic (exact) mass is 447 g/mol. The number of nitrogens with zero attached hydrogens (tertiary/aromatic N) is 5. The van der Waals surface area contributed by atoms with Gasteiger partial charge in [-0.2, -0.15) is 0 Å². The summed E-state index contributed by atoms with van der Waals surface area (Å²) in [6.45, 7) is 4.32. The van der Waals surface area contributed by atoms with E-state index < -0.39 is 0 Å². The van der Waals surface area contributed by atoms with Crippen LogP contribution in [-0.2, 0) is 4.79 Å². The fourth-order valence-electron chi connectivity index (χ4n) is 4.12. The standard InChI is InChI=1S/C24H22ClN5O2/c1-16(31)28-12-14-29(15-13-28)23-24-27-21(17-2-6-19(25)7-3-17)22(30(24)11-10-26-23)18-4-8-20(32)9-5-18/h2-11,32H,12-15H2,1H3. The van der Waals surface area contributed by atoms with Gasteiger partial charge in [0.1, 0.15) is 5.75 Å². The molecule has 8 heteroatoms. The number of hydrogen-bond acceptors (Lipinski definition) is 5. The van der Waals surface area contributed by atoms with Crippen molar-refractivity contribution >= 4 is 29.0 Å². The predicted octanol–water partition coefficient (Wildman–Crippen LogP) is 4.09.